The Morgan fingerprint density at radius 2 is 2.21 bits per heavy atom. The molecule has 14 heavy (non-hydrogen) atoms. The average molecular weight is 198 g/mol. The molecule has 76 valence electrons. The molecule has 0 aromatic heterocycles. The molecule has 0 fully saturated rings. The zero-order valence-electron chi connectivity index (χ0n) is 7.61. The van der Waals surface area contributed by atoms with Crippen LogP contribution in [0, 0.1) is 5.82 Å². The van der Waals surface area contributed by atoms with Crippen molar-refractivity contribution in [2.45, 2.75) is 6.92 Å². The SMILES string of the molecule is CC(=NN)N(N)c1ccc(O)cc1F. The summed E-state index contributed by atoms with van der Waals surface area (Å²) < 4.78 is 13.2. The number of anilines is 1. The Morgan fingerprint density at radius 3 is 2.71 bits per heavy atom. The van der Waals surface area contributed by atoms with Gasteiger partial charge in [-0.25, -0.2) is 10.2 Å². The maximum Gasteiger partial charge on any atom is 0.152 e. The molecular formula is C8H11FN4O. The first-order valence-electron chi connectivity index (χ1n) is 3.84. The normalized spacial score (nSPS) is 11.5. The monoisotopic (exact) mass is 198 g/mol. The Kier molecular flexibility index (Phi) is 2.88. The van der Waals surface area contributed by atoms with Gasteiger partial charge in [0.05, 0.1) is 5.69 Å². The fraction of sp³-hybridized carbons (Fsp3) is 0.125. The zero-order valence-corrected chi connectivity index (χ0v) is 7.61. The van der Waals surface area contributed by atoms with Crippen molar-refractivity contribution in [3.05, 3.63) is 24.0 Å². The number of hydrazone groups is 1. The summed E-state index contributed by atoms with van der Waals surface area (Å²) >= 11 is 0. The van der Waals surface area contributed by atoms with E-state index in [2.05, 4.69) is 5.10 Å². The topological polar surface area (TPSA) is 87.9 Å². The Labute approximate surface area is 80.4 Å². The molecule has 0 unspecified atom stereocenters. The Hall–Kier alpha value is -1.82. The first-order valence-corrected chi connectivity index (χ1v) is 3.84. The van der Waals surface area contributed by atoms with Gasteiger partial charge in [0.25, 0.3) is 0 Å². The number of halogens is 1. The number of nitrogens with zero attached hydrogens (tertiary/aromatic N) is 2. The van der Waals surface area contributed by atoms with E-state index in [4.69, 9.17) is 16.8 Å². The van der Waals surface area contributed by atoms with E-state index in [1.54, 1.807) is 0 Å². The smallest absolute Gasteiger partial charge is 0.152 e. The molecule has 0 aliphatic carbocycles. The molecule has 6 heteroatoms. The molecule has 1 aromatic carbocycles. The van der Waals surface area contributed by atoms with Gasteiger partial charge in [0.15, 0.2) is 5.82 Å². The van der Waals surface area contributed by atoms with Crippen LogP contribution in [0.2, 0.25) is 0 Å². The first kappa shape index (κ1) is 10.3. The molecule has 1 aromatic rings. The summed E-state index contributed by atoms with van der Waals surface area (Å²) in [6.07, 6.45) is 0. The third-order valence-corrected chi connectivity index (χ3v) is 1.73. The van der Waals surface area contributed by atoms with Gasteiger partial charge in [0.1, 0.15) is 11.6 Å². The van der Waals surface area contributed by atoms with E-state index in [1.807, 2.05) is 0 Å². The minimum atomic E-state index is -0.643. The number of benzene rings is 1. The lowest BCUT2D eigenvalue weighted by atomic mass is 10.3. The minimum Gasteiger partial charge on any atom is -0.508 e. The van der Waals surface area contributed by atoms with Gasteiger partial charge in [-0.3, -0.25) is 5.01 Å². The van der Waals surface area contributed by atoms with Crippen LogP contribution in [0.25, 0.3) is 0 Å². The number of aromatic hydroxyl groups is 1. The summed E-state index contributed by atoms with van der Waals surface area (Å²) in [5.41, 5.74) is 0.0921. The van der Waals surface area contributed by atoms with Gasteiger partial charge in [-0.05, 0) is 19.1 Å². The second kappa shape index (κ2) is 3.93. The van der Waals surface area contributed by atoms with Crippen LogP contribution in [0.5, 0.6) is 5.75 Å². The molecule has 0 amide bonds. The maximum atomic E-state index is 13.2. The fourth-order valence-electron chi connectivity index (χ4n) is 0.928. The van der Waals surface area contributed by atoms with Gasteiger partial charge < -0.3 is 10.9 Å². The predicted molar refractivity (Wildman–Crippen MR) is 52.0 cm³/mol. The van der Waals surface area contributed by atoms with Crippen LogP contribution >= 0.6 is 0 Å². The number of amidine groups is 1. The van der Waals surface area contributed by atoms with Crippen LogP contribution < -0.4 is 16.7 Å². The first-order chi connectivity index (χ1) is 6.56. The largest absolute Gasteiger partial charge is 0.508 e. The van der Waals surface area contributed by atoms with E-state index in [0.717, 1.165) is 11.1 Å². The summed E-state index contributed by atoms with van der Waals surface area (Å²) in [4.78, 5) is 0. The maximum absolute atomic E-state index is 13.2. The summed E-state index contributed by atoms with van der Waals surface area (Å²) in [5, 5.41) is 13.3. The van der Waals surface area contributed by atoms with Crippen molar-refractivity contribution < 1.29 is 9.50 Å². The Balaban J connectivity index is 3.07. The molecule has 0 bridgehead atoms. The molecular weight excluding hydrogens is 187 g/mol. The van der Waals surface area contributed by atoms with E-state index in [9.17, 15) is 4.39 Å². The van der Waals surface area contributed by atoms with Gasteiger partial charge in [-0.15, -0.1) is 0 Å². The van der Waals surface area contributed by atoms with E-state index >= 15 is 0 Å². The van der Waals surface area contributed by atoms with Crippen molar-refractivity contribution in [1.82, 2.24) is 0 Å². The molecule has 0 aliphatic heterocycles. The van der Waals surface area contributed by atoms with Gasteiger partial charge >= 0.3 is 0 Å². The molecule has 5 N–H and O–H groups in total. The van der Waals surface area contributed by atoms with Crippen molar-refractivity contribution in [2.75, 3.05) is 5.01 Å². The Morgan fingerprint density at radius 1 is 1.57 bits per heavy atom. The van der Waals surface area contributed by atoms with Crippen LogP contribution in [0.4, 0.5) is 10.1 Å². The van der Waals surface area contributed by atoms with Crippen molar-refractivity contribution in [3.8, 4) is 5.75 Å². The number of rotatable bonds is 1. The second-order valence-corrected chi connectivity index (χ2v) is 2.68. The van der Waals surface area contributed by atoms with Gasteiger partial charge in [-0.1, -0.05) is 0 Å². The van der Waals surface area contributed by atoms with E-state index in [1.165, 1.54) is 19.1 Å². The lowest BCUT2D eigenvalue weighted by Gasteiger charge is -2.17. The molecule has 0 atom stereocenters. The van der Waals surface area contributed by atoms with Crippen molar-refractivity contribution in [2.24, 2.45) is 16.8 Å². The second-order valence-electron chi connectivity index (χ2n) is 2.68. The van der Waals surface area contributed by atoms with Gasteiger partial charge in [-0.2, -0.15) is 5.10 Å². The Bertz CT molecular complexity index is 366. The molecule has 0 aliphatic rings. The lowest BCUT2D eigenvalue weighted by molar-refractivity contribution is 0.469. The van der Waals surface area contributed by atoms with Crippen molar-refractivity contribution in [1.29, 1.82) is 0 Å². The fourth-order valence-corrected chi connectivity index (χ4v) is 0.928. The van der Waals surface area contributed by atoms with Crippen LogP contribution in [0.1, 0.15) is 6.92 Å². The van der Waals surface area contributed by atoms with Crippen LogP contribution in [-0.2, 0) is 0 Å². The number of phenolic OH excluding ortho intramolecular Hbond substituents is 1. The molecule has 5 nitrogen and oxygen atoms in total. The summed E-state index contributed by atoms with van der Waals surface area (Å²) in [7, 11) is 0. The molecule has 0 radical (unpaired) electrons. The number of hydrogen-bond donors (Lipinski definition) is 3. The number of hydrogen-bond acceptors (Lipinski definition) is 4. The van der Waals surface area contributed by atoms with E-state index < -0.39 is 5.82 Å². The predicted octanol–water partition coefficient (Wildman–Crippen LogP) is 0.503. The highest BCUT2D eigenvalue weighted by Gasteiger charge is 2.10. The highest BCUT2D eigenvalue weighted by molar-refractivity contribution is 5.94. The highest BCUT2D eigenvalue weighted by atomic mass is 19.1. The summed E-state index contributed by atoms with van der Waals surface area (Å²) in [6, 6.07) is 3.61. The minimum absolute atomic E-state index is 0.0921. The molecule has 1 rings (SSSR count). The number of nitrogens with two attached hydrogens (primary N) is 2. The third kappa shape index (κ3) is 1.91. The third-order valence-electron chi connectivity index (χ3n) is 1.73. The summed E-state index contributed by atoms with van der Waals surface area (Å²) in [5.74, 6) is 9.94. The quantitative estimate of drug-likeness (QED) is 0.265. The zero-order chi connectivity index (χ0) is 10.7. The van der Waals surface area contributed by atoms with Crippen molar-refractivity contribution in [3.63, 3.8) is 0 Å². The number of hydrazine groups is 1. The van der Waals surface area contributed by atoms with Gasteiger partial charge in [0.2, 0.25) is 0 Å². The molecule has 0 saturated carbocycles. The van der Waals surface area contributed by atoms with Crippen LogP contribution in [0.15, 0.2) is 23.3 Å². The number of phenols is 1. The van der Waals surface area contributed by atoms with E-state index in [0.29, 0.717) is 0 Å². The van der Waals surface area contributed by atoms with E-state index in [-0.39, 0.29) is 17.3 Å². The van der Waals surface area contributed by atoms with Crippen LogP contribution in [0.3, 0.4) is 0 Å². The average Bonchev–Trinajstić information content (AvgIpc) is 2.15. The standard InChI is InChI=1S/C8H11FN4O/c1-5(12-10)13(11)8-3-2-6(14)4-7(8)9/h2-4,14H,10-11H2,1H3. The molecule has 0 saturated heterocycles. The molecule has 0 heterocycles. The lowest BCUT2D eigenvalue weighted by Crippen LogP contribution is -2.37. The van der Waals surface area contributed by atoms with Gasteiger partial charge in [0, 0.05) is 6.07 Å². The van der Waals surface area contributed by atoms with Crippen LogP contribution in [-0.4, -0.2) is 10.9 Å². The summed E-state index contributed by atoms with van der Waals surface area (Å²) in [6.45, 7) is 1.53. The highest BCUT2D eigenvalue weighted by Crippen LogP contribution is 2.21. The van der Waals surface area contributed by atoms with Crippen molar-refractivity contribution >= 4 is 11.5 Å². The molecule has 0 spiro atoms.